The number of carbonyl (C=O) groups excluding carboxylic acids is 3. The lowest BCUT2D eigenvalue weighted by molar-refractivity contribution is -0.149. The fourth-order valence-electron chi connectivity index (χ4n) is 2.42. The summed E-state index contributed by atoms with van der Waals surface area (Å²) in [5.41, 5.74) is -0.641. The Kier molecular flexibility index (Phi) is 11.4. The highest BCUT2D eigenvalue weighted by Crippen LogP contribution is 2.15. The van der Waals surface area contributed by atoms with Crippen LogP contribution in [0.25, 0.3) is 0 Å². The second kappa shape index (κ2) is 12.4. The van der Waals surface area contributed by atoms with Crippen LogP contribution in [-0.2, 0) is 19.1 Å². The molecule has 0 bridgehead atoms. The number of carbonyl (C=O) groups is 3. The zero-order valence-electron chi connectivity index (χ0n) is 17.9. The molecule has 0 rings (SSSR count). The van der Waals surface area contributed by atoms with Crippen molar-refractivity contribution < 1.29 is 23.9 Å². The van der Waals surface area contributed by atoms with E-state index in [2.05, 4.69) is 0 Å². The van der Waals surface area contributed by atoms with Gasteiger partial charge in [-0.2, -0.15) is 0 Å². The van der Waals surface area contributed by atoms with Gasteiger partial charge in [0, 0.05) is 20.1 Å². The van der Waals surface area contributed by atoms with Crippen molar-refractivity contribution in [3.8, 4) is 0 Å². The van der Waals surface area contributed by atoms with Gasteiger partial charge in [-0.25, -0.2) is 9.59 Å². The first kappa shape index (κ1) is 24.9. The molecule has 0 spiro atoms. The third-order valence-corrected chi connectivity index (χ3v) is 3.89. The number of allylic oxidation sites excluding steroid dienone is 1. The molecule has 1 atom stereocenters. The summed E-state index contributed by atoms with van der Waals surface area (Å²) < 4.78 is 10.4. The predicted octanol–water partition coefficient (Wildman–Crippen LogP) is 3.38. The van der Waals surface area contributed by atoms with E-state index < -0.39 is 23.7 Å². The van der Waals surface area contributed by atoms with Crippen LogP contribution in [0.5, 0.6) is 0 Å². The van der Waals surface area contributed by atoms with Gasteiger partial charge in [-0.15, -0.1) is 0 Å². The molecule has 156 valence electrons. The van der Waals surface area contributed by atoms with Gasteiger partial charge >= 0.3 is 12.1 Å². The zero-order chi connectivity index (χ0) is 21.0. The molecule has 0 radical (unpaired) electrons. The van der Waals surface area contributed by atoms with E-state index in [4.69, 9.17) is 9.47 Å². The number of ether oxygens (including phenoxy) is 2. The van der Waals surface area contributed by atoms with Crippen molar-refractivity contribution >= 4 is 18.0 Å². The number of likely N-dealkylation sites (N-methyl/N-ethyl adjacent to an activating group) is 2. The lowest BCUT2D eigenvalue weighted by Crippen LogP contribution is -2.45. The predicted molar refractivity (Wildman–Crippen MR) is 105 cm³/mol. The summed E-state index contributed by atoms with van der Waals surface area (Å²) in [5, 5.41) is 0. The average Bonchev–Trinajstić information content (AvgIpc) is 2.57. The van der Waals surface area contributed by atoms with E-state index in [1.807, 2.05) is 13.8 Å². The van der Waals surface area contributed by atoms with E-state index in [-0.39, 0.29) is 12.5 Å². The van der Waals surface area contributed by atoms with E-state index in [0.29, 0.717) is 32.4 Å². The van der Waals surface area contributed by atoms with Gasteiger partial charge in [-0.05, 0) is 66.9 Å². The zero-order valence-corrected chi connectivity index (χ0v) is 17.9. The van der Waals surface area contributed by atoms with Crippen LogP contribution in [0.15, 0.2) is 12.2 Å². The molecule has 0 saturated carbocycles. The summed E-state index contributed by atoms with van der Waals surface area (Å²) in [6, 6.07) is -0.716. The molecule has 0 aliphatic heterocycles. The molecule has 0 aromatic rings. The Morgan fingerprint density at radius 3 is 2.15 bits per heavy atom. The maximum atomic E-state index is 12.3. The van der Waals surface area contributed by atoms with E-state index in [1.165, 1.54) is 11.9 Å². The number of hydrogen-bond donors (Lipinski definition) is 0. The molecule has 0 aliphatic carbocycles. The SMILES string of the molecule is CCOC(=O)C(CCC/C=C\C(=O)N(CC)CC)N(C)C(=O)OC(C)(C)C. The highest BCUT2D eigenvalue weighted by atomic mass is 16.6. The summed E-state index contributed by atoms with van der Waals surface area (Å²) >= 11 is 0. The van der Waals surface area contributed by atoms with Crippen LogP contribution in [0.4, 0.5) is 4.79 Å². The smallest absolute Gasteiger partial charge is 0.410 e. The van der Waals surface area contributed by atoms with Gasteiger partial charge in [0.05, 0.1) is 6.61 Å². The molecule has 0 fully saturated rings. The van der Waals surface area contributed by atoms with Crippen LogP contribution in [0, 0.1) is 0 Å². The van der Waals surface area contributed by atoms with Crippen LogP contribution in [0.2, 0.25) is 0 Å². The Bertz CT molecular complexity index is 507. The monoisotopic (exact) mass is 384 g/mol. The van der Waals surface area contributed by atoms with Gasteiger partial charge in [0.15, 0.2) is 0 Å². The first-order chi connectivity index (χ1) is 12.6. The van der Waals surface area contributed by atoms with E-state index in [9.17, 15) is 14.4 Å². The highest BCUT2D eigenvalue weighted by Gasteiger charge is 2.30. The van der Waals surface area contributed by atoms with Gasteiger partial charge in [0.25, 0.3) is 0 Å². The van der Waals surface area contributed by atoms with Gasteiger partial charge in [-0.3, -0.25) is 9.69 Å². The molecule has 0 aliphatic rings. The molecular weight excluding hydrogens is 348 g/mol. The van der Waals surface area contributed by atoms with Crippen molar-refractivity contribution in [3.63, 3.8) is 0 Å². The molecule has 0 heterocycles. The maximum absolute atomic E-state index is 12.3. The summed E-state index contributed by atoms with van der Waals surface area (Å²) in [5.74, 6) is -0.470. The quantitative estimate of drug-likeness (QED) is 0.328. The van der Waals surface area contributed by atoms with Crippen LogP contribution < -0.4 is 0 Å². The topological polar surface area (TPSA) is 76.2 Å². The molecule has 2 amide bonds. The first-order valence-corrected chi connectivity index (χ1v) is 9.65. The molecule has 0 N–H and O–H groups in total. The van der Waals surface area contributed by atoms with E-state index in [1.54, 1.807) is 44.7 Å². The van der Waals surface area contributed by atoms with Gasteiger partial charge in [0.2, 0.25) is 5.91 Å². The van der Waals surface area contributed by atoms with E-state index in [0.717, 1.165) is 0 Å². The minimum atomic E-state index is -0.716. The molecule has 1 unspecified atom stereocenters. The number of amides is 2. The van der Waals surface area contributed by atoms with Crippen molar-refractivity contribution in [1.82, 2.24) is 9.80 Å². The standard InChI is InChI=1S/C20H36N2O5/c1-8-22(9-2)17(23)15-13-11-12-14-16(18(24)26-10-3)21(7)19(25)27-20(4,5)6/h13,15-16H,8-12,14H2,1-7H3/b15-13-. The van der Waals surface area contributed by atoms with Crippen molar-refractivity contribution in [2.75, 3.05) is 26.7 Å². The van der Waals surface area contributed by atoms with Crippen molar-refractivity contribution in [1.29, 1.82) is 0 Å². The Hall–Kier alpha value is -2.05. The molecule has 7 heteroatoms. The molecule has 0 saturated heterocycles. The number of esters is 1. The van der Waals surface area contributed by atoms with Crippen LogP contribution in [0.3, 0.4) is 0 Å². The summed E-state index contributed by atoms with van der Waals surface area (Å²) in [4.78, 5) is 39.4. The molecular formula is C20H36N2O5. The maximum Gasteiger partial charge on any atom is 0.410 e. The lowest BCUT2D eigenvalue weighted by Gasteiger charge is -2.29. The van der Waals surface area contributed by atoms with Crippen LogP contribution in [0.1, 0.15) is 60.8 Å². The van der Waals surface area contributed by atoms with E-state index >= 15 is 0 Å². The van der Waals surface area contributed by atoms with Gasteiger partial charge in [-0.1, -0.05) is 6.08 Å². The first-order valence-electron chi connectivity index (χ1n) is 9.65. The number of nitrogens with zero attached hydrogens (tertiary/aromatic N) is 2. The molecule has 0 aromatic carbocycles. The minimum Gasteiger partial charge on any atom is -0.464 e. The second-order valence-corrected chi connectivity index (χ2v) is 7.20. The third-order valence-electron chi connectivity index (χ3n) is 3.89. The summed E-state index contributed by atoms with van der Waals surface area (Å²) in [6.07, 6.45) is 4.50. The van der Waals surface area contributed by atoms with Crippen LogP contribution in [-0.4, -0.2) is 66.2 Å². The minimum absolute atomic E-state index is 0.0205. The second-order valence-electron chi connectivity index (χ2n) is 7.20. The Morgan fingerprint density at radius 2 is 1.67 bits per heavy atom. The lowest BCUT2D eigenvalue weighted by atomic mass is 10.1. The van der Waals surface area contributed by atoms with Crippen molar-refractivity contribution in [2.24, 2.45) is 0 Å². The molecule has 27 heavy (non-hydrogen) atoms. The fraction of sp³-hybridized carbons (Fsp3) is 0.750. The highest BCUT2D eigenvalue weighted by molar-refractivity contribution is 5.87. The Labute approximate surface area is 163 Å². The summed E-state index contributed by atoms with van der Waals surface area (Å²) in [6.45, 7) is 12.5. The Balaban J connectivity index is 4.78. The Morgan fingerprint density at radius 1 is 1.07 bits per heavy atom. The molecule has 0 aromatic heterocycles. The fourth-order valence-corrected chi connectivity index (χ4v) is 2.42. The number of rotatable bonds is 10. The van der Waals surface area contributed by atoms with Gasteiger partial charge in [0.1, 0.15) is 11.6 Å². The summed E-state index contributed by atoms with van der Waals surface area (Å²) in [7, 11) is 1.54. The van der Waals surface area contributed by atoms with Crippen LogP contribution >= 0.6 is 0 Å². The van der Waals surface area contributed by atoms with Crippen molar-refractivity contribution in [3.05, 3.63) is 12.2 Å². The normalized spacial score (nSPS) is 12.6. The third kappa shape index (κ3) is 10.0. The molecule has 7 nitrogen and oxygen atoms in total. The van der Waals surface area contributed by atoms with Crippen molar-refractivity contribution in [2.45, 2.75) is 72.4 Å². The number of hydrogen-bond acceptors (Lipinski definition) is 5. The van der Waals surface area contributed by atoms with Gasteiger partial charge < -0.3 is 14.4 Å². The largest absolute Gasteiger partial charge is 0.464 e. The number of unbranched alkanes of at least 4 members (excludes halogenated alkanes) is 1. The average molecular weight is 385 g/mol.